The number of hydrogen-bond acceptors (Lipinski definition) is 3. The van der Waals surface area contributed by atoms with Crippen LogP contribution in [0.5, 0.6) is 0 Å². The quantitative estimate of drug-likeness (QED) is 0.516. The SMILES string of the molecule is CCCCN(CCCC)C(=O)C1C(C)=Nc2ccnn2C1c1ccc(Cl)c(Cl)c1. The Morgan fingerprint density at radius 3 is 2.41 bits per heavy atom. The van der Waals surface area contributed by atoms with E-state index < -0.39 is 5.92 Å². The molecule has 0 saturated carbocycles. The van der Waals surface area contributed by atoms with Crippen LogP contribution in [0.3, 0.4) is 0 Å². The minimum absolute atomic E-state index is 0.102. The zero-order valence-electron chi connectivity index (χ0n) is 17.2. The highest BCUT2D eigenvalue weighted by Crippen LogP contribution is 2.38. The van der Waals surface area contributed by atoms with Gasteiger partial charge in [0.05, 0.1) is 22.3 Å². The van der Waals surface area contributed by atoms with Crippen molar-refractivity contribution in [2.75, 3.05) is 13.1 Å². The van der Waals surface area contributed by atoms with Crippen molar-refractivity contribution in [3.8, 4) is 0 Å². The maximum atomic E-state index is 13.7. The molecule has 0 saturated heterocycles. The topological polar surface area (TPSA) is 50.5 Å². The second kappa shape index (κ2) is 9.77. The Balaban J connectivity index is 2.03. The smallest absolute Gasteiger partial charge is 0.233 e. The van der Waals surface area contributed by atoms with Crippen LogP contribution in [0.25, 0.3) is 0 Å². The van der Waals surface area contributed by atoms with Gasteiger partial charge in [-0.2, -0.15) is 5.10 Å². The average Bonchev–Trinajstić information content (AvgIpc) is 3.16. The molecular weight excluding hydrogens is 407 g/mol. The highest BCUT2D eigenvalue weighted by molar-refractivity contribution is 6.42. The van der Waals surface area contributed by atoms with E-state index in [4.69, 9.17) is 23.2 Å². The summed E-state index contributed by atoms with van der Waals surface area (Å²) in [5, 5.41) is 5.44. The number of amides is 1. The Labute approximate surface area is 182 Å². The van der Waals surface area contributed by atoms with Crippen LogP contribution in [0, 0.1) is 5.92 Å². The predicted molar refractivity (Wildman–Crippen MR) is 119 cm³/mol. The third kappa shape index (κ3) is 4.67. The molecule has 1 aromatic heterocycles. The maximum absolute atomic E-state index is 13.7. The van der Waals surface area contributed by atoms with Crippen molar-refractivity contribution < 1.29 is 4.79 Å². The van der Waals surface area contributed by atoms with Crippen LogP contribution in [0.2, 0.25) is 10.0 Å². The largest absolute Gasteiger partial charge is 0.342 e. The number of halogens is 2. The van der Waals surface area contributed by atoms with Gasteiger partial charge in [-0.15, -0.1) is 0 Å². The molecule has 1 aliphatic rings. The first kappa shape index (κ1) is 21.8. The Morgan fingerprint density at radius 2 is 1.79 bits per heavy atom. The van der Waals surface area contributed by atoms with Crippen molar-refractivity contribution in [2.45, 2.75) is 52.5 Å². The van der Waals surface area contributed by atoms with Crippen LogP contribution in [-0.4, -0.2) is 39.4 Å². The molecule has 1 aromatic carbocycles. The number of aromatic nitrogens is 2. The summed E-state index contributed by atoms with van der Waals surface area (Å²) in [5.74, 6) is 0.426. The minimum Gasteiger partial charge on any atom is -0.342 e. The van der Waals surface area contributed by atoms with Gasteiger partial charge < -0.3 is 4.90 Å². The Bertz CT molecular complexity index is 885. The van der Waals surface area contributed by atoms with E-state index in [0.29, 0.717) is 10.0 Å². The summed E-state index contributed by atoms with van der Waals surface area (Å²) in [5.41, 5.74) is 1.71. The van der Waals surface area contributed by atoms with E-state index in [-0.39, 0.29) is 11.9 Å². The Kier molecular flexibility index (Phi) is 7.36. The van der Waals surface area contributed by atoms with Gasteiger partial charge in [0, 0.05) is 24.9 Å². The molecule has 1 aliphatic heterocycles. The van der Waals surface area contributed by atoms with Crippen molar-refractivity contribution in [2.24, 2.45) is 10.9 Å². The molecule has 0 N–H and O–H groups in total. The van der Waals surface area contributed by atoms with Gasteiger partial charge in [0.15, 0.2) is 5.82 Å². The van der Waals surface area contributed by atoms with Gasteiger partial charge in [-0.05, 0) is 37.5 Å². The molecular formula is C22H28Cl2N4O. The Hall–Kier alpha value is -1.85. The van der Waals surface area contributed by atoms with Crippen LogP contribution in [0.15, 0.2) is 35.5 Å². The zero-order chi connectivity index (χ0) is 21.0. The van der Waals surface area contributed by atoms with E-state index in [1.165, 1.54) is 0 Å². The van der Waals surface area contributed by atoms with Crippen molar-refractivity contribution >= 4 is 40.6 Å². The monoisotopic (exact) mass is 434 g/mol. The molecule has 3 rings (SSSR count). The number of aliphatic imine (C=N–C) groups is 1. The van der Waals surface area contributed by atoms with Crippen molar-refractivity contribution in [1.82, 2.24) is 14.7 Å². The second-order valence-corrected chi connectivity index (χ2v) is 8.33. The predicted octanol–water partition coefficient (Wildman–Crippen LogP) is 5.93. The Morgan fingerprint density at radius 1 is 1.10 bits per heavy atom. The van der Waals surface area contributed by atoms with Crippen LogP contribution in [-0.2, 0) is 4.79 Å². The molecule has 0 spiro atoms. The van der Waals surface area contributed by atoms with Gasteiger partial charge >= 0.3 is 0 Å². The third-order valence-corrected chi connectivity index (χ3v) is 6.13. The van der Waals surface area contributed by atoms with Crippen molar-refractivity contribution in [3.63, 3.8) is 0 Å². The fourth-order valence-electron chi connectivity index (χ4n) is 3.80. The lowest BCUT2D eigenvalue weighted by molar-refractivity contribution is -0.134. The van der Waals surface area contributed by atoms with Crippen LogP contribution in [0.1, 0.15) is 58.1 Å². The first-order chi connectivity index (χ1) is 14.0. The number of fused-ring (bicyclic) bond motifs is 1. The molecule has 0 fully saturated rings. The number of carbonyl (C=O) groups is 1. The lowest BCUT2D eigenvalue weighted by atomic mass is 9.87. The molecule has 0 aliphatic carbocycles. The zero-order valence-corrected chi connectivity index (χ0v) is 18.7. The molecule has 156 valence electrons. The first-order valence-corrected chi connectivity index (χ1v) is 11.1. The number of benzene rings is 1. The van der Waals surface area contributed by atoms with E-state index in [1.54, 1.807) is 12.3 Å². The summed E-state index contributed by atoms with van der Waals surface area (Å²) in [6.07, 6.45) is 5.79. The van der Waals surface area contributed by atoms with Gasteiger partial charge in [0.25, 0.3) is 0 Å². The van der Waals surface area contributed by atoms with Gasteiger partial charge in [-0.25, -0.2) is 9.67 Å². The molecule has 2 unspecified atom stereocenters. The maximum Gasteiger partial charge on any atom is 0.233 e. The average molecular weight is 435 g/mol. The van der Waals surface area contributed by atoms with Crippen LogP contribution in [0.4, 0.5) is 5.82 Å². The van der Waals surface area contributed by atoms with Gasteiger partial charge in [-0.1, -0.05) is 56.0 Å². The highest BCUT2D eigenvalue weighted by atomic mass is 35.5. The molecule has 2 aromatic rings. The number of unbranched alkanes of at least 4 members (excludes halogenated alkanes) is 2. The van der Waals surface area contributed by atoms with Crippen molar-refractivity contribution in [1.29, 1.82) is 0 Å². The van der Waals surface area contributed by atoms with E-state index in [0.717, 1.165) is 55.9 Å². The molecule has 5 nitrogen and oxygen atoms in total. The molecule has 2 heterocycles. The molecule has 7 heteroatoms. The van der Waals surface area contributed by atoms with Crippen LogP contribution >= 0.6 is 23.2 Å². The number of rotatable bonds is 8. The first-order valence-electron chi connectivity index (χ1n) is 10.3. The molecule has 1 amide bonds. The molecule has 0 bridgehead atoms. The van der Waals surface area contributed by atoms with E-state index in [1.807, 2.05) is 34.7 Å². The number of carbonyl (C=O) groups excluding carboxylic acids is 1. The number of hydrogen-bond donors (Lipinski definition) is 0. The molecule has 0 radical (unpaired) electrons. The summed E-state index contributed by atoms with van der Waals surface area (Å²) < 4.78 is 1.83. The van der Waals surface area contributed by atoms with E-state index >= 15 is 0 Å². The summed E-state index contributed by atoms with van der Waals surface area (Å²) >= 11 is 12.4. The molecule has 2 atom stereocenters. The highest BCUT2D eigenvalue weighted by Gasteiger charge is 2.40. The fraction of sp³-hybridized carbons (Fsp3) is 0.500. The minimum atomic E-state index is -0.423. The standard InChI is InChI=1S/C22H28Cl2N4O/c1-4-6-12-27(13-7-5-2)22(29)20-15(3)26-19-10-11-25-28(19)21(20)16-8-9-17(23)18(24)14-16/h8-11,14,20-21H,4-7,12-13H2,1-3H3. The lowest BCUT2D eigenvalue weighted by Crippen LogP contribution is -2.45. The van der Waals surface area contributed by atoms with Gasteiger partial charge in [0.1, 0.15) is 5.92 Å². The summed E-state index contributed by atoms with van der Waals surface area (Å²) in [6.45, 7) is 7.74. The van der Waals surface area contributed by atoms with Crippen LogP contribution < -0.4 is 0 Å². The van der Waals surface area contributed by atoms with E-state index in [9.17, 15) is 4.79 Å². The lowest BCUT2D eigenvalue weighted by Gasteiger charge is -2.35. The summed E-state index contributed by atoms with van der Waals surface area (Å²) in [6, 6.07) is 7.09. The second-order valence-electron chi connectivity index (χ2n) is 7.52. The van der Waals surface area contributed by atoms with Gasteiger partial charge in [-0.3, -0.25) is 4.79 Å². The fourth-order valence-corrected chi connectivity index (χ4v) is 4.11. The van der Waals surface area contributed by atoms with E-state index in [2.05, 4.69) is 23.9 Å². The summed E-state index contributed by atoms with van der Waals surface area (Å²) in [7, 11) is 0. The van der Waals surface area contributed by atoms with Crippen molar-refractivity contribution in [3.05, 3.63) is 46.1 Å². The summed E-state index contributed by atoms with van der Waals surface area (Å²) in [4.78, 5) is 20.4. The third-order valence-electron chi connectivity index (χ3n) is 5.40. The number of nitrogens with zero attached hydrogens (tertiary/aromatic N) is 4. The normalized spacial score (nSPS) is 18.3. The molecule has 29 heavy (non-hydrogen) atoms. The van der Waals surface area contributed by atoms with Gasteiger partial charge in [0.2, 0.25) is 5.91 Å².